The van der Waals surface area contributed by atoms with Crippen molar-refractivity contribution < 1.29 is 4.79 Å². The van der Waals surface area contributed by atoms with Crippen molar-refractivity contribution >= 4 is 11.9 Å². The minimum atomic E-state index is 0.0269. The summed E-state index contributed by atoms with van der Waals surface area (Å²) in [6.07, 6.45) is 6.03. The molecule has 0 heterocycles. The Labute approximate surface area is 110 Å². The van der Waals surface area contributed by atoms with Gasteiger partial charge in [0.1, 0.15) is 6.54 Å². The Morgan fingerprint density at radius 2 is 2.00 bits per heavy atom. The summed E-state index contributed by atoms with van der Waals surface area (Å²) < 4.78 is 0. The second kappa shape index (κ2) is 7.95. The molecule has 104 valence electrons. The van der Waals surface area contributed by atoms with E-state index in [0.29, 0.717) is 6.04 Å². The molecule has 1 aliphatic rings. The standard InChI is InChI=1S/C13H26N4O/c1-4-9-14-13(15-10-12(18)17(2)3)16-11-7-5-6-8-11/h11H,4-10H2,1-3H3,(H2,14,15,16). The highest BCUT2D eigenvalue weighted by atomic mass is 16.2. The summed E-state index contributed by atoms with van der Waals surface area (Å²) in [6.45, 7) is 3.21. The first-order chi connectivity index (χ1) is 8.63. The molecule has 0 atom stereocenters. The van der Waals surface area contributed by atoms with Crippen LogP contribution in [0.2, 0.25) is 0 Å². The summed E-state index contributed by atoms with van der Waals surface area (Å²) in [5.74, 6) is 0.804. The number of carbonyl (C=O) groups excluding carboxylic acids is 1. The van der Waals surface area contributed by atoms with E-state index in [2.05, 4.69) is 22.5 Å². The Morgan fingerprint density at radius 3 is 2.56 bits per heavy atom. The van der Waals surface area contributed by atoms with Gasteiger partial charge in [0.15, 0.2) is 5.96 Å². The summed E-state index contributed by atoms with van der Waals surface area (Å²) >= 11 is 0. The van der Waals surface area contributed by atoms with Crippen LogP contribution in [0, 0.1) is 0 Å². The van der Waals surface area contributed by atoms with Gasteiger partial charge in [0, 0.05) is 26.7 Å². The van der Waals surface area contributed by atoms with Crippen LogP contribution in [0.25, 0.3) is 0 Å². The Hall–Kier alpha value is -1.26. The molecular weight excluding hydrogens is 228 g/mol. The second-order valence-electron chi connectivity index (χ2n) is 5.01. The third-order valence-corrected chi connectivity index (χ3v) is 3.11. The number of amides is 1. The van der Waals surface area contributed by atoms with Gasteiger partial charge in [-0.3, -0.25) is 4.79 Å². The monoisotopic (exact) mass is 254 g/mol. The van der Waals surface area contributed by atoms with Crippen LogP contribution in [0.15, 0.2) is 4.99 Å². The molecule has 0 saturated heterocycles. The van der Waals surface area contributed by atoms with Crippen molar-refractivity contribution in [1.82, 2.24) is 15.5 Å². The molecule has 0 aromatic rings. The molecule has 1 fully saturated rings. The van der Waals surface area contributed by atoms with Crippen LogP contribution in [0.4, 0.5) is 0 Å². The van der Waals surface area contributed by atoms with Crippen molar-refractivity contribution in [3.8, 4) is 0 Å². The van der Waals surface area contributed by atoms with Crippen molar-refractivity contribution in [3.05, 3.63) is 0 Å². The van der Waals surface area contributed by atoms with Gasteiger partial charge in [0.05, 0.1) is 0 Å². The number of likely N-dealkylation sites (N-methyl/N-ethyl adjacent to an activating group) is 1. The minimum Gasteiger partial charge on any atom is -0.356 e. The Kier molecular flexibility index (Phi) is 6.54. The number of hydrogen-bond donors (Lipinski definition) is 2. The van der Waals surface area contributed by atoms with E-state index < -0.39 is 0 Å². The summed E-state index contributed by atoms with van der Waals surface area (Å²) in [5.41, 5.74) is 0. The molecular formula is C13H26N4O. The molecule has 1 aliphatic carbocycles. The molecule has 0 aromatic carbocycles. The fraction of sp³-hybridized carbons (Fsp3) is 0.846. The van der Waals surface area contributed by atoms with E-state index in [1.807, 2.05) is 0 Å². The van der Waals surface area contributed by atoms with Crippen molar-refractivity contribution in [3.63, 3.8) is 0 Å². The van der Waals surface area contributed by atoms with E-state index in [1.165, 1.54) is 25.7 Å². The molecule has 18 heavy (non-hydrogen) atoms. The smallest absolute Gasteiger partial charge is 0.243 e. The van der Waals surface area contributed by atoms with E-state index in [4.69, 9.17) is 0 Å². The van der Waals surface area contributed by atoms with E-state index >= 15 is 0 Å². The number of hydrogen-bond acceptors (Lipinski definition) is 2. The number of rotatable bonds is 5. The lowest BCUT2D eigenvalue weighted by molar-refractivity contribution is -0.127. The van der Waals surface area contributed by atoms with Crippen LogP contribution < -0.4 is 10.6 Å². The highest BCUT2D eigenvalue weighted by molar-refractivity contribution is 5.84. The zero-order chi connectivity index (χ0) is 13.4. The normalized spacial score (nSPS) is 16.7. The molecule has 0 bridgehead atoms. The third-order valence-electron chi connectivity index (χ3n) is 3.11. The zero-order valence-electron chi connectivity index (χ0n) is 11.8. The van der Waals surface area contributed by atoms with E-state index in [-0.39, 0.29) is 12.5 Å². The van der Waals surface area contributed by atoms with Gasteiger partial charge in [-0.1, -0.05) is 19.8 Å². The second-order valence-corrected chi connectivity index (χ2v) is 5.01. The third kappa shape index (κ3) is 5.38. The molecule has 0 radical (unpaired) electrons. The van der Waals surface area contributed by atoms with Gasteiger partial charge in [-0.25, -0.2) is 4.99 Å². The lowest BCUT2D eigenvalue weighted by Crippen LogP contribution is -2.43. The van der Waals surface area contributed by atoms with Gasteiger partial charge in [0.25, 0.3) is 0 Å². The van der Waals surface area contributed by atoms with Crippen molar-refractivity contribution in [1.29, 1.82) is 0 Å². The SMILES string of the molecule is CCCNC(=NCC(=O)N(C)C)NC1CCCC1. The van der Waals surface area contributed by atoms with Crippen molar-refractivity contribution in [2.24, 2.45) is 4.99 Å². The first-order valence-electron chi connectivity index (χ1n) is 6.88. The maximum atomic E-state index is 11.5. The van der Waals surface area contributed by atoms with Gasteiger partial charge >= 0.3 is 0 Å². The number of nitrogens with zero attached hydrogens (tertiary/aromatic N) is 2. The summed E-state index contributed by atoms with van der Waals surface area (Å²) in [4.78, 5) is 17.4. The highest BCUT2D eigenvalue weighted by Gasteiger charge is 2.16. The Morgan fingerprint density at radius 1 is 1.33 bits per heavy atom. The molecule has 0 unspecified atom stereocenters. The Balaban J connectivity index is 2.47. The van der Waals surface area contributed by atoms with Gasteiger partial charge in [-0.05, 0) is 19.3 Å². The first-order valence-corrected chi connectivity index (χ1v) is 6.88. The molecule has 1 rings (SSSR count). The van der Waals surface area contributed by atoms with Crippen LogP contribution in [0.3, 0.4) is 0 Å². The zero-order valence-corrected chi connectivity index (χ0v) is 11.8. The molecule has 0 aromatic heterocycles. The maximum Gasteiger partial charge on any atom is 0.243 e. The molecule has 0 spiro atoms. The van der Waals surface area contributed by atoms with Crippen LogP contribution in [0.1, 0.15) is 39.0 Å². The average molecular weight is 254 g/mol. The molecule has 2 N–H and O–H groups in total. The largest absolute Gasteiger partial charge is 0.356 e. The fourth-order valence-electron chi connectivity index (χ4n) is 1.95. The van der Waals surface area contributed by atoms with Crippen LogP contribution in [-0.2, 0) is 4.79 Å². The molecule has 1 saturated carbocycles. The van der Waals surface area contributed by atoms with Gasteiger partial charge in [-0.2, -0.15) is 0 Å². The van der Waals surface area contributed by atoms with Crippen LogP contribution >= 0.6 is 0 Å². The molecule has 5 nitrogen and oxygen atoms in total. The lowest BCUT2D eigenvalue weighted by atomic mass is 10.2. The predicted octanol–water partition coefficient (Wildman–Crippen LogP) is 0.962. The maximum absolute atomic E-state index is 11.5. The quantitative estimate of drug-likeness (QED) is 0.567. The number of nitrogens with one attached hydrogen (secondary N) is 2. The van der Waals surface area contributed by atoms with Gasteiger partial charge in [0.2, 0.25) is 5.91 Å². The number of carbonyl (C=O) groups is 1. The van der Waals surface area contributed by atoms with E-state index in [9.17, 15) is 4.79 Å². The average Bonchev–Trinajstić information content (AvgIpc) is 2.84. The Bertz CT molecular complexity index is 283. The minimum absolute atomic E-state index is 0.0269. The van der Waals surface area contributed by atoms with Crippen molar-refractivity contribution in [2.75, 3.05) is 27.2 Å². The van der Waals surface area contributed by atoms with Crippen molar-refractivity contribution in [2.45, 2.75) is 45.1 Å². The highest BCUT2D eigenvalue weighted by Crippen LogP contribution is 2.17. The van der Waals surface area contributed by atoms with Gasteiger partial charge in [-0.15, -0.1) is 0 Å². The van der Waals surface area contributed by atoms with E-state index in [1.54, 1.807) is 19.0 Å². The number of guanidine groups is 1. The van der Waals surface area contributed by atoms with Gasteiger partial charge < -0.3 is 15.5 Å². The van der Waals surface area contributed by atoms with Crippen LogP contribution in [-0.4, -0.2) is 50.0 Å². The topological polar surface area (TPSA) is 56.7 Å². The summed E-state index contributed by atoms with van der Waals surface area (Å²) in [5, 5.41) is 6.67. The number of aliphatic imine (C=N–C) groups is 1. The molecule has 0 aliphatic heterocycles. The fourth-order valence-corrected chi connectivity index (χ4v) is 1.95. The summed E-state index contributed by atoms with van der Waals surface area (Å²) in [7, 11) is 3.50. The lowest BCUT2D eigenvalue weighted by Gasteiger charge is -2.17. The molecule has 5 heteroatoms. The summed E-state index contributed by atoms with van der Waals surface area (Å²) in [6, 6.07) is 0.516. The predicted molar refractivity (Wildman–Crippen MR) is 74.7 cm³/mol. The van der Waals surface area contributed by atoms with E-state index in [0.717, 1.165) is 18.9 Å². The van der Waals surface area contributed by atoms with Crippen LogP contribution in [0.5, 0.6) is 0 Å². The molecule has 1 amide bonds. The first kappa shape index (κ1) is 14.8.